The Morgan fingerprint density at radius 1 is 1.11 bits per heavy atom. The third kappa shape index (κ3) is 3.87. The van der Waals surface area contributed by atoms with Crippen molar-refractivity contribution in [1.29, 1.82) is 5.26 Å². The molecule has 2 heterocycles. The van der Waals surface area contributed by atoms with Crippen LogP contribution in [0, 0.1) is 11.3 Å². The lowest BCUT2D eigenvalue weighted by molar-refractivity contribution is 0.0656. The molecule has 0 aliphatic carbocycles. The van der Waals surface area contributed by atoms with E-state index >= 15 is 0 Å². The smallest absolute Gasteiger partial charge is 0.254 e. The number of nitriles is 1. The average molecular weight is 359 g/mol. The monoisotopic (exact) mass is 359 g/mol. The van der Waals surface area contributed by atoms with E-state index in [2.05, 4.69) is 10.1 Å². The summed E-state index contributed by atoms with van der Waals surface area (Å²) in [5, 5.41) is 13.4. The zero-order valence-corrected chi connectivity index (χ0v) is 15.8. The Hall–Kier alpha value is -3.46. The summed E-state index contributed by atoms with van der Waals surface area (Å²) in [6.07, 6.45) is 3.33. The van der Waals surface area contributed by atoms with Gasteiger partial charge in [0.2, 0.25) is 0 Å². The molecule has 0 bridgehead atoms. The quantitative estimate of drug-likeness (QED) is 0.715. The van der Waals surface area contributed by atoms with Crippen LogP contribution in [0.25, 0.3) is 17.1 Å². The minimum absolute atomic E-state index is 0.0126. The standard InChI is InChI=1S/C21H21N5O/c1-21(2,3)25(4)20(27)17-8-6-16(7-9-17)18-11-12-26(24-18)19-10-5-15(13-22)14-23-19/h5-12,14H,1-4H3. The van der Waals surface area contributed by atoms with Crippen molar-refractivity contribution in [3.63, 3.8) is 0 Å². The van der Waals surface area contributed by atoms with Crippen molar-refractivity contribution >= 4 is 5.91 Å². The second-order valence-electron chi connectivity index (χ2n) is 7.27. The Kier molecular flexibility index (Phi) is 4.78. The van der Waals surface area contributed by atoms with Gasteiger partial charge in [0, 0.05) is 36.1 Å². The molecule has 0 aliphatic heterocycles. The van der Waals surface area contributed by atoms with Crippen molar-refractivity contribution in [3.05, 3.63) is 66.0 Å². The highest BCUT2D eigenvalue weighted by Crippen LogP contribution is 2.21. The van der Waals surface area contributed by atoms with Crippen LogP contribution in [0.1, 0.15) is 36.7 Å². The molecule has 27 heavy (non-hydrogen) atoms. The van der Waals surface area contributed by atoms with Crippen molar-refractivity contribution in [3.8, 4) is 23.1 Å². The number of hydrogen-bond donors (Lipinski definition) is 0. The summed E-state index contributed by atoms with van der Waals surface area (Å²) < 4.78 is 1.66. The molecule has 3 rings (SSSR count). The van der Waals surface area contributed by atoms with Gasteiger partial charge in [0.1, 0.15) is 6.07 Å². The number of carbonyl (C=O) groups is 1. The molecule has 0 unspecified atom stereocenters. The first-order valence-electron chi connectivity index (χ1n) is 8.60. The van der Waals surface area contributed by atoms with Gasteiger partial charge in [-0.15, -0.1) is 0 Å². The van der Waals surface area contributed by atoms with Gasteiger partial charge in [-0.05, 0) is 51.1 Å². The number of hydrogen-bond acceptors (Lipinski definition) is 4. The van der Waals surface area contributed by atoms with Crippen LogP contribution in [0.4, 0.5) is 0 Å². The van der Waals surface area contributed by atoms with Crippen LogP contribution in [-0.2, 0) is 0 Å². The van der Waals surface area contributed by atoms with Gasteiger partial charge in [-0.25, -0.2) is 9.67 Å². The number of nitrogens with zero attached hydrogens (tertiary/aromatic N) is 5. The second kappa shape index (κ2) is 7.04. The molecule has 6 heteroatoms. The molecule has 1 amide bonds. The van der Waals surface area contributed by atoms with E-state index in [-0.39, 0.29) is 11.4 Å². The fraction of sp³-hybridized carbons (Fsp3) is 0.238. The van der Waals surface area contributed by atoms with E-state index in [9.17, 15) is 4.79 Å². The molecule has 0 aliphatic rings. The SMILES string of the molecule is CN(C(=O)c1ccc(-c2ccn(-c3ccc(C#N)cn3)n2)cc1)C(C)(C)C. The zero-order valence-electron chi connectivity index (χ0n) is 15.8. The van der Waals surface area contributed by atoms with E-state index in [0.717, 1.165) is 11.3 Å². The van der Waals surface area contributed by atoms with Gasteiger partial charge in [-0.2, -0.15) is 10.4 Å². The van der Waals surface area contributed by atoms with Gasteiger partial charge in [0.05, 0.1) is 11.3 Å². The van der Waals surface area contributed by atoms with Crippen molar-refractivity contribution < 1.29 is 4.79 Å². The predicted octanol–water partition coefficient (Wildman–Crippen LogP) is 3.68. The van der Waals surface area contributed by atoms with Crippen LogP contribution in [0.15, 0.2) is 54.9 Å². The summed E-state index contributed by atoms with van der Waals surface area (Å²) in [6.45, 7) is 6.01. The summed E-state index contributed by atoms with van der Waals surface area (Å²) in [4.78, 5) is 18.5. The molecule has 0 saturated carbocycles. The van der Waals surface area contributed by atoms with Crippen LogP contribution < -0.4 is 0 Å². The Morgan fingerprint density at radius 2 is 1.81 bits per heavy atom. The largest absolute Gasteiger partial charge is 0.337 e. The number of aromatic nitrogens is 3. The summed E-state index contributed by atoms with van der Waals surface area (Å²) in [7, 11) is 1.81. The van der Waals surface area contributed by atoms with E-state index in [1.54, 1.807) is 21.7 Å². The van der Waals surface area contributed by atoms with Crippen molar-refractivity contribution in [2.45, 2.75) is 26.3 Å². The van der Waals surface area contributed by atoms with Gasteiger partial charge in [0.15, 0.2) is 5.82 Å². The number of benzene rings is 1. The van der Waals surface area contributed by atoms with Crippen LogP contribution in [0.2, 0.25) is 0 Å². The third-order valence-corrected chi connectivity index (χ3v) is 4.44. The summed E-state index contributed by atoms with van der Waals surface area (Å²) in [6, 6.07) is 14.8. The minimum atomic E-state index is -0.234. The summed E-state index contributed by atoms with van der Waals surface area (Å²) in [5.41, 5.74) is 2.61. The van der Waals surface area contributed by atoms with Crippen LogP contribution in [0.3, 0.4) is 0 Å². The van der Waals surface area contributed by atoms with Crippen LogP contribution in [-0.4, -0.2) is 38.2 Å². The molecule has 0 spiro atoms. The lowest BCUT2D eigenvalue weighted by atomic mass is 10.0. The summed E-state index contributed by atoms with van der Waals surface area (Å²) >= 11 is 0. The molecule has 0 N–H and O–H groups in total. The van der Waals surface area contributed by atoms with E-state index in [1.165, 1.54) is 6.20 Å². The number of pyridine rings is 1. The number of amides is 1. The highest BCUT2D eigenvalue weighted by Gasteiger charge is 2.23. The molecule has 0 radical (unpaired) electrons. The fourth-order valence-electron chi connectivity index (χ4n) is 2.48. The fourth-order valence-corrected chi connectivity index (χ4v) is 2.48. The molecule has 2 aromatic heterocycles. The third-order valence-electron chi connectivity index (χ3n) is 4.44. The Labute approximate surface area is 158 Å². The molecule has 0 fully saturated rings. The maximum Gasteiger partial charge on any atom is 0.254 e. The molecule has 136 valence electrons. The van der Waals surface area contributed by atoms with Gasteiger partial charge < -0.3 is 4.90 Å². The molecule has 0 atom stereocenters. The lowest BCUT2D eigenvalue weighted by Crippen LogP contribution is -2.42. The Bertz CT molecular complexity index is 989. The summed E-state index contributed by atoms with van der Waals surface area (Å²) in [5.74, 6) is 0.625. The van der Waals surface area contributed by atoms with Crippen molar-refractivity contribution in [2.75, 3.05) is 7.05 Å². The zero-order chi connectivity index (χ0) is 19.6. The maximum atomic E-state index is 12.6. The van der Waals surface area contributed by atoms with Crippen LogP contribution >= 0.6 is 0 Å². The van der Waals surface area contributed by atoms with E-state index < -0.39 is 0 Å². The van der Waals surface area contributed by atoms with E-state index in [1.807, 2.05) is 70.4 Å². The predicted molar refractivity (Wildman–Crippen MR) is 103 cm³/mol. The number of carbonyl (C=O) groups excluding carboxylic acids is 1. The van der Waals surface area contributed by atoms with Crippen molar-refractivity contribution in [1.82, 2.24) is 19.7 Å². The molecule has 6 nitrogen and oxygen atoms in total. The van der Waals surface area contributed by atoms with Gasteiger partial charge in [-0.3, -0.25) is 4.79 Å². The number of rotatable bonds is 3. The highest BCUT2D eigenvalue weighted by molar-refractivity contribution is 5.95. The first kappa shape index (κ1) is 18.3. The molecular formula is C21H21N5O. The molecule has 3 aromatic rings. The first-order chi connectivity index (χ1) is 12.8. The minimum Gasteiger partial charge on any atom is -0.337 e. The van der Waals surface area contributed by atoms with E-state index in [0.29, 0.717) is 16.9 Å². The second-order valence-corrected chi connectivity index (χ2v) is 7.27. The van der Waals surface area contributed by atoms with Crippen LogP contribution in [0.5, 0.6) is 0 Å². The van der Waals surface area contributed by atoms with Crippen molar-refractivity contribution in [2.24, 2.45) is 0 Å². The Morgan fingerprint density at radius 3 is 2.37 bits per heavy atom. The molecule has 0 saturated heterocycles. The Balaban J connectivity index is 1.81. The lowest BCUT2D eigenvalue weighted by Gasteiger charge is -2.32. The molecular weight excluding hydrogens is 338 g/mol. The van der Waals surface area contributed by atoms with Gasteiger partial charge >= 0.3 is 0 Å². The maximum absolute atomic E-state index is 12.6. The average Bonchev–Trinajstić information content (AvgIpc) is 3.16. The normalized spacial score (nSPS) is 11.1. The van der Waals surface area contributed by atoms with Gasteiger partial charge in [0.25, 0.3) is 5.91 Å². The topological polar surface area (TPSA) is 74.8 Å². The molecule has 1 aromatic carbocycles. The van der Waals surface area contributed by atoms with E-state index in [4.69, 9.17) is 5.26 Å². The first-order valence-corrected chi connectivity index (χ1v) is 8.60. The van der Waals surface area contributed by atoms with Gasteiger partial charge in [-0.1, -0.05) is 12.1 Å². The highest BCUT2D eigenvalue weighted by atomic mass is 16.2.